The van der Waals surface area contributed by atoms with Gasteiger partial charge in [0.25, 0.3) is 0 Å². The van der Waals surface area contributed by atoms with Gasteiger partial charge in [-0.1, -0.05) is 33.2 Å². The molecule has 2 N–H and O–H groups in total. The topological polar surface area (TPSA) is 52.0 Å². The average Bonchev–Trinajstić information content (AvgIpc) is 2.64. The predicted octanol–water partition coefficient (Wildman–Crippen LogP) is 3.72. The van der Waals surface area contributed by atoms with Crippen LogP contribution in [0.3, 0.4) is 0 Å². The molecule has 0 bridgehead atoms. The Bertz CT molecular complexity index is 510. The number of benzene rings is 1. The van der Waals surface area contributed by atoms with Crippen LogP contribution in [-0.2, 0) is 0 Å². The third-order valence-electron chi connectivity index (χ3n) is 2.24. The van der Waals surface area contributed by atoms with Crippen molar-refractivity contribution in [2.24, 2.45) is 0 Å². The molecule has 2 rings (SSSR count). The van der Waals surface area contributed by atoms with Crippen molar-refractivity contribution < 1.29 is 8.91 Å². The van der Waals surface area contributed by atoms with Crippen molar-refractivity contribution in [1.29, 1.82) is 0 Å². The SMILES string of the molecule is CC(F)c1ccc(-c2cc(N)no2)cc1Br. The molecule has 0 amide bonds. The minimum absolute atomic E-state index is 0.328. The maximum Gasteiger partial charge on any atom is 0.169 e. The Kier molecular flexibility index (Phi) is 2.96. The first-order valence-corrected chi connectivity index (χ1v) is 5.53. The molecule has 1 aromatic carbocycles. The largest absolute Gasteiger partial charge is 0.381 e. The van der Waals surface area contributed by atoms with Crippen LogP contribution in [0.4, 0.5) is 10.2 Å². The molecule has 0 fully saturated rings. The van der Waals surface area contributed by atoms with Gasteiger partial charge in [0.1, 0.15) is 6.17 Å². The summed E-state index contributed by atoms with van der Waals surface area (Å²) in [4.78, 5) is 0. The highest BCUT2D eigenvalue weighted by atomic mass is 79.9. The number of nitrogens with two attached hydrogens (primary N) is 1. The van der Waals surface area contributed by atoms with Crippen LogP contribution in [0.25, 0.3) is 11.3 Å². The van der Waals surface area contributed by atoms with Gasteiger partial charge in [-0.05, 0) is 18.6 Å². The maximum atomic E-state index is 13.1. The first-order valence-electron chi connectivity index (χ1n) is 4.74. The van der Waals surface area contributed by atoms with Gasteiger partial charge < -0.3 is 10.3 Å². The second kappa shape index (κ2) is 4.25. The fraction of sp³-hybridized carbons (Fsp3) is 0.182. The lowest BCUT2D eigenvalue weighted by Crippen LogP contribution is -1.87. The van der Waals surface area contributed by atoms with Crippen LogP contribution in [0.2, 0.25) is 0 Å². The van der Waals surface area contributed by atoms with Gasteiger partial charge in [0.05, 0.1) is 0 Å². The number of rotatable bonds is 2. The Morgan fingerprint density at radius 1 is 1.44 bits per heavy atom. The Morgan fingerprint density at radius 3 is 2.69 bits per heavy atom. The smallest absolute Gasteiger partial charge is 0.169 e. The fourth-order valence-electron chi connectivity index (χ4n) is 1.43. The lowest BCUT2D eigenvalue weighted by Gasteiger charge is -2.06. The summed E-state index contributed by atoms with van der Waals surface area (Å²) in [6.07, 6.45) is -1.01. The highest BCUT2D eigenvalue weighted by Gasteiger charge is 2.11. The first kappa shape index (κ1) is 11.1. The van der Waals surface area contributed by atoms with E-state index in [-0.39, 0.29) is 0 Å². The highest BCUT2D eigenvalue weighted by Crippen LogP contribution is 2.31. The summed E-state index contributed by atoms with van der Waals surface area (Å²) >= 11 is 3.32. The summed E-state index contributed by atoms with van der Waals surface area (Å²) in [6, 6.07) is 6.89. The summed E-state index contributed by atoms with van der Waals surface area (Å²) < 4.78 is 18.9. The number of hydrogen-bond acceptors (Lipinski definition) is 3. The van der Waals surface area contributed by atoms with E-state index in [9.17, 15) is 4.39 Å². The van der Waals surface area contributed by atoms with Gasteiger partial charge in [0.15, 0.2) is 11.6 Å². The third kappa shape index (κ3) is 2.09. The molecule has 1 atom stereocenters. The number of hydrogen-bond donors (Lipinski definition) is 1. The Labute approximate surface area is 101 Å². The molecule has 1 aromatic heterocycles. The van der Waals surface area contributed by atoms with E-state index in [4.69, 9.17) is 10.3 Å². The zero-order valence-corrected chi connectivity index (χ0v) is 10.2. The molecule has 0 saturated carbocycles. The Morgan fingerprint density at radius 2 is 2.19 bits per heavy atom. The second-order valence-electron chi connectivity index (χ2n) is 3.47. The monoisotopic (exact) mass is 284 g/mol. The molecule has 1 heterocycles. The van der Waals surface area contributed by atoms with Crippen molar-refractivity contribution >= 4 is 21.7 Å². The van der Waals surface area contributed by atoms with E-state index in [0.717, 1.165) is 5.56 Å². The van der Waals surface area contributed by atoms with E-state index >= 15 is 0 Å². The van der Waals surface area contributed by atoms with Crippen LogP contribution >= 0.6 is 15.9 Å². The standard InChI is InChI=1S/C11H10BrFN2O/c1-6(13)8-3-2-7(4-9(8)12)10-5-11(14)15-16-10/h2-6H,1H3,(H2,14,15). The summed E-state index contributed by atoms with van der Waals surface area (Å²) in [7, 11) is 0. The van der Waals surface area contributed by atoms with Crippen molar-refractivity contribution in [3.05, 3.63) is 34.3 Å². The number of nitrogen functional groups attached to an aromatic ring is 1. The average molecular weight is 285 g/mol. The quantitative estimate of drug-likeness (QED) is 0.914. The first-order chi connectivity index (χ1) is 7.58. The van der Waals surface area contributed by atoms with Crippen LogP contribution < -0.4 is 5.73 Å². The zero-order valence-electron chi connectivity index (χ0n) is 8.58. The van der Waals surface area contributed by atoms with Crippen molar-refractivity contribution in [1.82, 2.24) is 5.16 Å². The van der Waals surface area contributed by atoms with Gasteiger partial charge in [-0.3, -0.25) is 0 Å². The van der Waals surface area contributed by atoms with Crippen molar-refractivity contribution in [3.63, 3.8) is 0 Å². The number of alkyl halides is 1. The van der Waals surface area contributed by atoms with Crippen LogP contribution in [0.15, 0.2) is 33.3 Å². The Balaban J connectivity index is 2.42. The lowest BCUT2D eigenvalue weighted by molar-refractivity contribution is 0.373. The summed E-state index contributed by atoms with van der Waals surface area (Å²) in [5.41, 5.74) is 6.87. The van der Waals surface area contributed by atoms with E-state index in [1.165, 1.54) is 6.92 Å². The minimum atomic E-state index is -1.01. The normalized spacial score (nSPS) is 12.7. The van der Waals surface area contributed by atoms with Crippen LogP contribution in [0.5, 0.6) is 0 Å². The molecule has 16 heavy (non-hydrogen) atoms. The van der Waals surface area contributed by atoms with Gasteiger partial charge in [0, 0.05) is 16.1 Å². The maximum absolute atomic E-state index is 13.1. The van der Waals surface area contributed by atoms with E-state index in [2.05, 4.69) is 21.1 Å². The molecule has 3 nitrogen and oxygen atoms in total. The van der Waals surface area contributed by atoms with Crippen molar-refractivity contribution in [2.75, 3.05) is 5.73 Å². The minimum Gasteiger partial charge on any atom is -0.381 e. The zero-order chi connectivity index (χ0) is 11.7. The molecule has 0 radical (unpaired) electrons. The molecule has 0 aliphatic carbocycles. The number of halogens is 2. The van der Waals surface area contributed by atoms with E-state index in [1.807, 2.05) is 0 Å². The van der Waals surface area contributed by atoms with Crippen LogP contribution in [0, 0.1) is 0 Å². The van der Waals surface area contributed by atoms with Gasteiger partial charge in [-0.15, -0.1) is 0 Å². The van der Waals surface area contributed by atoms with Gasteiger partial charge in [-0.25, -0.2) is 4.39 Å². The van der Waals surface area contributed by atoms with Crippen LogP contribution in [-0.4, -0.2) is 5.16 Å². The predicted molar refractivity (Wildman–Crippen MR) is 63.6 cm³/mol. The summed E-state index contributed by atoms with van der Waals surface area (Å²) in [6.45, 7) is 1.49. The molecule has 2 aromatic rings. The van der Waals surface area contributed by atoms with E-state index in [1.54, 1.807) is 24.3 Å². The molecular formula is C11H10BrFN2O. The highest BCUT2D eigenvalue weighted by molar-refractivity contribution is 9.10. The number of aromatic nitrogens is 1. The van der Waals surface area contributed by atoms with Crippen molar-refractivity contribution in [2.45, 2.75) is 13.1 Å². The molecule has 0 aliphatic rings. The second-order valence-corrected chi connectivity index (χ2v) is 4.32. The van der Waals surface area contributed by atoms with Crippen molar-refractivity contribution in [3.8, 4) is 11.3 Å². The lowest BCUT2D eigenvalue weighted by atomic mass is 10.1. The number of nitrogens with zero attached hydrogens (tertiary/aromatic N) is 1. The third-order valence-corrected chi connectivity index (χ3v) is 2.93. The molecule has 5 heteroatoms. The molecule has 1 unspecified atom stereocenters. The summed E-state index contributed by atoms with van der Waals surface area (Å²) in [5.74, 6) is 0.894. The van der Waals surface area contributed by atoms with Gasteiger partial charge in [-0.2, -0.15) is 0 Å². The van der Waals surface area contributed by atoms with E-state index < -0.39 is 6.17 Å². The summed E-state index contributed by atoms with van der Waals surface area (Å²) in [5, 5.41) is 3.59. The molecule has 0 spiro atoms. The number of anilines is 1. The molecular weight excluding hydrogens is 275 g/mol. The van der Waals surface area contributed by atoms with Gasteiger partial charge >= 0.3 is 0 Å². The molecule has 0 saturated heterocycles. The van der Waals surface area contributed by atoms with E-state index in [0.29, 0.717) is 21.6 Å². The molecule has 84 valence electrons. The van der Waals surface area contributed by atoms with Crippen LogP contribution in [0.1, 0.15) is 18.7 Å². The van der Waals surface area contributed by atoms with Gasteiger partial charge in [0.2, 0.25) is 0 Å². The molecule has 0 aliphatic heterocycles. The fourth-order valence-corrected chi connectivity index (χ4v) is 2.12. The Hall–Kier alpha value is -1.36.